The lowest BCUT2D eigenvalue weighted by Crippen LogP contribution is -2.06. The normalized spacial score (nSPS) is 11.9. The first-order valence-electron chi connectivity index (χ1n) is 13.1. The number of halogens is 3. The predicted molar refractivity (Wildman–Crippen MR) is 155 cm³/mol. The molecule has 2 heterocycles. The summed E-state index contributed by atoms with van der Waals surface area (Å²) >= 11 is 0. The van der Waals surface area contributed by atoms with E-state index in [1.807, 2.05) is 97.1 Å². The summed E-state index contributed by atoms with van der Waals surface area (Å²) in [6.07, 6.45) is -4.53. The van der Waals surface area contributed by atoms with Gasteiger partial charge in [0.25, 0.3) is 0 Å². The number of nitrogens with zero attached hydrogens (tertiary/aromatic N) is 3. The molecule has 2 aromatic heterocycles. The van der Waals surface area contributed by atoms with Gasteiger partial charge in [-0.3, -0.25) is 4.68 Å². The van der Waals surface area contributed by atoms with Crippen molar-refractivity contribution in [1.29, 1.82) is 0 Å². The van der Waals surface area contributed by atoms with E-state index in [2.05, 4.69) is 11.2 Å². The molecule has 0 saturated carbocycles. The number of para-hydroxylation sites is 2. The summed E-state index contributed by atoms with van der Waals surface area (Å²) in [5, 5.41) is 6.89. The van der Waals surface area contributed by atoms with Crippen molar-refractivity contribution in [3.63, 3.8) is 0 Å². The molecule has 5 aromatic carbocycles. The van der Waals surface area contributed by atoms with Crippen LogP contribution in [0.1, 0.15) is 11.1 Å². The summed E-state index contributed by atoms with van der Waals surface area (Å²) in [7, 11) is 0. The zero-order chi connectivity index (χ0) is 28.0. The van der Waals surface area contributed by atoms with Crippen molar-refractivity contribution in [2.24, 2.45) is 0 Å². The highest BCUT2D eigenvalue weighted by Gasteiger charge is 2.34. The smallest absolute Gasteiger partial charge is 0.418 e. The van der Waals surface area contributed by atoms with Crippen LogP contribution >= 0.6 is 0 Å². The topological polar surface area (TPSA) is 39.9 Å². The van der Waals surface area contributed by atoms with Crippen molar-refractivity contribution in [2.45, 2.75) is 12.7 Å². The molecule has 0 bridgehead atoms. The fraction of sp³-hybridized carbons (Fsp3) is 0.0588. The fourth-order valence-corrected chi connectivity index (χ4v) is 5.25. The van der Waals surface area contributed by atoms with E-state index >= 15 is 0 Å². The lowest BCUT2D eigenvalue weighted by molar-refractivity contribution is -0.136. The van der Waals surface area contributed by atoms with Gasteiger partial charge in [0.1, 0.15) is 16.8 Å². The van der Waals surface area contributed by atoms with Crippen LogP contribution in [0.5, 0.6) is 11.5 Å². The van der Waals surface area contributed by atoms with Crippen LogP contribution in [0, 0.1) is 0 Å². The molecule has 0 atom stereocenters. The van der Waals surface area contributed by atoms with Crippen molar-refractivity contribution in [3.8, 4) is 22.8 Å². The Morgan fingerprint density at radius 2 is 1.44 bits per heavy atom. The summed E-state index contributed by atoms with van der Waals surface area (Å²) in [6, 6.07) is 36.8. The molecule has 0 radical (unpaired) electrons. The molecule has 0 saturated heterocycles. The minimum Gasteiger partial charge on any atom is -0.455 e. The summed E-state index contributed by atoms with van der Waals surface area (Å²) in [5.74, 6) is 1.13. The summed E-state index contributed by atoms with van der Waals surface area (Å²) in [5.41, 5.74) is 2.96. The Balaban J connectivity index is 1.35. The van der Waals surface area contributed by atoms with Gasteiger partial charge in [-0.25, -0.2) is 4.98 Å². The van der Waals surface area contributed by atoms with Gasteiger partial charge in [-0.1, -0.05) is 84.9 Å². The second-order valence-corrected chi connectivity index (χ2v) is 9.83. The van der Waals surface area contributed by atoms with Crippen LogP contribution in [0.2, 0.25) is 0 Å². The van der Waals surface area contributed by atoms with E-state index < -0.39 is 11.7 Å². The van der Waals surface area contributed by atoms with Crippen LogP contribution < -0.4 is 4.74 Å². The van der Waals surface area contributed by atoms with E-state index in [0.29, 0.717) is 34.7 Å². The molecule has 200 valence electrons. The number of pyridine rings is 1. The number of rotatable bonds is 5. The zero-order valence-corrected chi connectivity index (χ0v) is 21.6. The van der Waals surface area contributed by atoms with Crippen molar-refractivity contribution in [2.75, 3.05) is 0 Å². The van der Waals surface area contributed by atoms with E-state index in [9.17, 15) is 13.2 Å². The van der Waals surface area contributed by atoms with Gasteiger partial charge in [-0.05, 0) is 42.0 Å². The Bertz CT molecular complexity index is 2050. The number of aromatic nitrogens is 3. The molecule has 0 unspecified atom stereocenters. The van der Waals surface area contributed by atoms with E-state index in [0.717, 1.165) is 33.4 Å². The van der Waals surface area contributed by atoms with E-state index in [4.69, 9.17) is 9.72 Å². The second kappa shape index (κ2) is 9.78. The second-order valence-electron chi connectivity index (χ2n) is 9.83. The average Bonchev–Trinajstić information content (AvgIpc) is 3.34. The van der Waals surface area contributed by atoms with Crippen LogP contribution in [0.25, 0.3) is 44.0 Å². The molecule has 0 aliphatic carbocycles. The molecule has 0 aliphatic rings. The third-order valence-corrected chi connectivity index (χ3v) is 7.10. The third kappa shape index (κ3) is 4.65. The molecule has 0 aliphatic heterocycles. The van der Waals surface area contributed by atoms with Crippen molar-refractivity contribution >= 4 is 32.7 Å². The minimum atomic E-state index is -4.53. The summed E-state index contributed by atoms with van der Waals surface area (Å²) in [4.78, 5) is 4.84. The van der Waals surface area contributed by atoms with Crippen molar-refractivity contribution in [3.05, 3.63) is 132 Å². The molecule has 4 nitrogen and oxygen atoms in total. The van der Waals surface area contributed by atoms with Gasteiger partial charge >= 0.3 is 6.18 Å². The minimum absolute atomic E-state index is 0.0811. The Labute approximate surface area is 233 Å². The number of hydrogen-bond donors (Lipinski definition) is 0. The molecular formula is C34H22F3N3O. The molecule has 0 amide bonds. The zero-order valence-electron chi connectivity index (χ0n) is 21.6. The molecular weight excluding hydrogens is 523 g/mol. The standard InChI is InChI=1S/C34H22F3N3O/c35-34(36,37)28-16-8-15-27-32(28)39-40(21-22-9-2-1-3-10-22)33(27)25-13-6-14-26(20-25)41-30-18-7-12-24-19-23-11-4-5-17-29(23)38-31(24)30/h1-20H,21H2. The Morgan fingerprint density at radius 3 is 2.29 bits per heavy atom. The van der Waals surface area contributed by atoms with E-state index in [-0.39, 0.29) is 5.52 Å². The van der Waals surface area contributed by atoms with Crippen molar-refractivity contribution < 1.29 is 17.9 Å². The third-order valence-electron chi connectivity index (χ3n) is 7.10. The van der Waals surface area contributed by atoms with Crippen LogP contribution in [0.3, 0.4) is 0 Å². The highest BCUT2D eigenvalue weighted by Crippen LogP contribution is 2.39. The maximum atomic E-state index is 13.9. The molecule has 0 fully saturated rings. The monoisotopic (exact) mass is 545 g/mol. The van der Waals surface area contributed by atoms with Gasteiger partial charge in [-0.2, -0.15) is 18.3 Å². The quantitative estimate of drug-likeness (QED) is 0.202. The number of alkyl halides is 3. The van der Waals surface area contributed by atoms with E-state index in [1.165, 1.54) is 6.07 Å². The lowest BCUT2D eigenvalue weighted by atomic mass is 10.0. The first kappa shape index (κ1) is 24.8. The van der Waals surface area contributed by atoms with Gasteiger partial charge in [0.2, 0.25) is 0 Å². The van der Waals surface area contributed by atoms with Gasteiger partial charge in [0.15, 0.2) is 5.75 Å². The predicted octanol–water partition coefficient (Wildman–Crippen LogP) is 9.26. The average molecular weight is 546 g/mol. The van der Waals surface area contributed by atoms with Crippen LogP contribution in [0.15, 0.2) is 121 Å². The first-order chi connectivity index (χ1) is 19.9. The Hall–Kier alpha value is -5.17. The highest BCUT2D eigenvalue weighted by atomic mass is 19.4. The lowest BCUT2D eigenvalue weighted by Gasteiger charge is -2.12. The van der Waals surface area contributed by atoms with Crippen molar-refractivity contribution in [1.82, 2.24) is 14.8 Å². The number of hydrogen-bond acceptors (Lipinski definition) is 3. The Morgan fingerprint density at radius 1 is 0.683 bits per heavy atom. The summed E-state index contributed by atoms with van der Waals surface area (Å²) in [6.45, 7) is 0.313. The first-order valence-corrected chi connectivity index (χ1v) is 13.1. The van der Waals surface area contributed by atoms with E-state index in [1.54, 1.807) is 10.7 Å². The SMILES string of the molecule is FC(F)(F)c1cccc2c(-c3cccc(Oc4cccc5cc6ccccc6nc45)c3)n(Cc3ccccc3)nc12. The largest absolute Gasteiger partial charge is 0.455 e. The number of fused-ring (bicyclic) bond motifs is 3. The highest BCUT2D eigenvalue weighted by molar-refractivity contribution is 5.96. The number of ether oxygens (including phenoxy) is 1. The van der Waals surface area contributed by atoms with Gasteiger partial charge in [-0.15, -0.1) is 0 Å². The van der Waals surface area contributed by atoms with Gasteiger partial charge in [0.05, 0.1) is 23.3 Å². The Kier molecular flexibility index (Phi) is 5.93. The molecule has 7 heteroatoms. The van der Waals surface area contributed by atoms with Gasteiger partial charge in [0, 0.05) is 21.7 Å². The number of benzene rings is 5. The molecule has 7 rings (SSSR count). The van der Waals surface area contributed by atoms with Crippen LogP contribution in [-0.2, 0) is 12.7 Å². The summed E-state index contributed by atoms with van der Waals surface area (Å²) < 4.78 is 49.8. The molecule has 41 heavy (non-hydrogen) atoms. The van der Waals surface area contributed by atoms with Gasteiger partial charge < -0.3 is 4.74 Å². The maximum absolute atomic E-state index is 13.9. The molecule has 0 N–H and O–H groups in total. The maximum Gasteiger partial charge on any atom is 0.418 e. The van der Waals surface area contributed by atoms with Crippen LogP contribution in [0.4, 0.5) is 13.2 Å². The van der Waals surface area contributed by atoms with Crippen LogP contribution in [-0.4, -0.2) is 14.8 Å². The fourth-order valence-electron chi connectivity index (χ4n) is 5.25. The molecule has 7 aromatic rings. The molecule has 0 spiro atoms.